The Balaban J connectivity index is 2.40. The summed E-state index contributed by atoms with van der Waals surface area (Å²) >= 11 is 0. The summed E-state index contributed by atoms with van der Waals surface area (Å²) in [4.78, 5) is 4.08. The number of pyridine rings is 1. The number of hydrogen-bond acceptors (Lipinski definition) is 2. The molecule has 1 N–H and O–H groups in total. The first kappa shape index (κ1) is 11.7. The Morgan fingerprint density at radius 1 is 1.18 bits per heavy atom. The van der Waals surface area contributed by atoms with Crippen molar-refractivity contribution in [1.29, 1.82) is 0 Å². The van der Waals surface area contributed by atoms with Gasteiger partial charge in [0.2, 0.25) is 0 Å². The number of aromatic nitrogens is 1. The van der Waals surface area contributed by atoms with Crippen LogP contribution in [0.25, 0.3) is 0 Å². The van der Waals surface area contributed by atoms with Gasteiger partial charge in [-0.25, -0.2) is 4.39 Å². The van der Waals surface area contributed by atoms with Crippen LogP contribution in [0, 0.1) is 12.7 Å². The number of nitrogens with one attached hydrogen (secondary N) is 1. The van der Waals surface area contributed by atoms with Crippen LogP contribution < -0.4 is 5.32 Å². The molecule has 2 rings (SSSR count). The summed E-state index contributed by atoms with van der Waals surface area (Å²) < 4.78 is 12.9. The van der Waals surface area contributed by atoms with Crippen molar-refractivity contribution >= 4 is 0 Å². The number of halogens is 1. The highest BCUT2D eigenvalue weighted by atomic mass is 19.1. The lowest BCUT2D eigenvalue weighted by molar-refractivity contribution is 0.623. The highest BCUT2D eigenvalue weighted by Gasteiger charge is 2.13. The fraction of sp³-hybridized carbons (Fsp3) is 0.214. The molecule has 0 amide bonds. The van der Waals surface area contributed by atoms with Crippen LogP contribution in [-0.4, -0.2) is 12.0 Å². The maximum absolute atomic E-state index is 12.9. The monoisotopic (exact) mass is 230 g/mol. The Labute approximate surface area is 101 Å². The fourth-order valence-electron chi connectivity index (χ4n) is 1.97. The van der Waals surface area contributed by atoms with Gasteiger partial charge in [0.15, 0.2) is 0 Å². The molecule has 0 aliphatic carbocycles. The molecular weight excluding hydrogens is 215 g/mol. The number of nitrogens with zero attached hydrogens (tertiary/aromatic N) is 1. The van der Waals surface area contributed by atoms with Crippen LogP contribution in [0.1, 0.15) is 22.7 Å². The van der Waals surface area contributed by atoms with Gasteiger partial charge in [-0.1, -0.05) is 12.1 Å². The van der Waals surface area contributed by atoms with E-state index in [1.54, 1.807) is 18.3 Å². The second-order valence-corrected chi connectivity index (χ2v) is 4.01. The summed E-state index contributed by atoms with van der Waals surface area (Å²) in [6.45, 7) is 2.02. The summed E-state index contributed by atoms with van der Waals surface area (Å²) in [5, 5.41) is 3.24. The van der Waals surface area contributed by atoms with Crippen molar-refractivity contribution in [2.45, 2.75) is 13.0 Å². The third-order valence-electron chi connectivity index (χ3n) is 2.87. The topological polar surface area (TPSA) is 24.9 Å². The molecule has 1 aromatic heterocycles. The molecule has 88 valence electrons. The van der Waals surface area contributed by atoms with Gasteiger partial charge in [0.25, 0.3) is 0 Å². The van der Waals surface area contributed by atoms with Crippen molar-refractivity contribution in [3.05, 3.63) is 65.2 Å². The summed E-state index contributed by atoms with van der Waals surface area (Å²) in [6.07, 6.45) is 3.61. The molecule has 17 heavy (non-hydrogen) atoms. The molecule has 0 saturated carbocycles. The van der Waals surface area contributed by atoms with Crippen LogP contribution in [0.2, 0.25) is 0 Å². The van der Waals surface area contributed by atoms with Crippen LogP contribution in [0.5, 0.6) is 0 Å². The fourth-order valence-corrected chi connectivity index (χ4v) is 1.97. The van der Waals surface area contributed by atoms with E-state index >= 15 is 0 Å². The van der Waals surface area contributed by atoms with E-state index in [2.05, 4.69) is 10.3 Å². The molecule has 1 atom stereocenters. The predicted octanol–water partition coefficient (Wildman–Crippen LogP) is 2.84. The SMILES string of the molecule is CNC(c1ccc(F)cc1)c1ccncc1C. The zero-order valence-electron chi connectivity index (χ0n) is 9.94. The number of aryl methyl sites for hydroxylation is 1. The van der Waals surface area contributed by atoms with Gasteiger partial charge in [-0.3, -0.25) is 4.98 Å². The quantitative estimate of drug-likeness (QED) is 0.877. The summed E-state index contributed by atoms with van der Waals surface area (Å²) in [6, 6.07) is 8.62. The van der Waals surface area contributed by atoms with E-state index in [9.17, 15) is 4.39 Å². The Kier molecular flexibility index (Phi) is 3.49. The van der Waals surface area contributed by atoms with E-state index in [1.165, 1.54) is 12.1 Å². The third kappa shape index (κ3) is 2.50. The van der Waals surface area contributed by atoms with Crippen molar-refractivity contribution in [2.75, 3.05) is 7.05 Å². The molecule has 0 bridgehead atoms. The van der Waals surface area contributed by atoms with E-state index in [0.717, 1.165) is 16.7 Å². The molecule has 1 unspecified atom stereocenters. The zero-order valence-corrected chi connectivity index (χ0v) is 9.94. The van der Waals surface area contributed by atoms with Gasteiger partial charge in [0, 0.05) is 12.4 Å². The number of rotatable bonds is 3. The predicted molar refractivity (Wildman–Crippen MR) is 66.3 cm³/mol. The summed E-state index contributed by atoms with van der Waals surface area (Å²) in [5.41, 5.74) is 3.33. The minimum Gasteiger partial charge on any atom is -0.309 e. The largest absolute Gasteiger partial charge is 0.309 e. The molecule has 3 heteroatoms. The Bertz CT molecular complexity index is 494. The first-order chi connectivity index (χ1) is 8.22. The summed E-state index contributed by atoms with van der Waals surface area (Å²) in [5.74, 6) is -0.213. The molecule has 0 aliphatic rings. The maximum atomic E-state index is 12.9. The van der Waals surface area contributed by atoms with Crippen molar-refractivity contribution < 1.29 is 4.39 Å². The Morgan fingerprint density at radius 2 is 1.88 bits per heavy atom. The Hall–Kier alpha value is -1.74. The van der Waals surface area contributed by atoms with Crippen LogP contribution in [0.3, 0.4) is 0 Å². The van der Waals surface area contributed by atoms with Crippen molar-refractivity contribution in [1.82, 2.24) is 10.3 Å². The van der Waals surface area contributed by atoms with E-state index in [4.69, 9.17) is 0 Å². The second kappa shape index (κ2) is 5.06. The lowest BCUT2D eigenvalue weighted by atomic mass is 9.96. The first-order valence-electron chi connectivity index (χ1n) is 5.55. The minimum absolute atomic E-state index is 0.0681. The minimum atomic E-state index is -0.213. The van der Waals surface area contributed by atoms with Crippen molar-refractivity contribution in [3.63, 3.8) is 0 Å². The van der Waals surface area contributed by atoms with Crippen molar-refractivity contribution in [3.8, 4) is 0 Å². The average Bonchev–Trinajstić information content (AvgIpc) is 2.35. The maximum Gasteiger partial charge on any atom is 0.123 e. The lowest BCUT2D eigenvalue weighted by Gasteiger charge is -2.19. The summed E-state index contributed by atoms with van der Waals surface area (Å²) in [7, 11) is 1.90. The Morgan fingerprint density at radius 3 is 2.47 bits per heavy atom. The molecule has 0 radical (unpaired) electrons. The van der Waals surface area contributed by atoms with Gasteiger partial charge in [0.1, 0.15) is 5.82 Å². The molecule has 1 aromatic carbocycles. The smallest absolute Gasteiger partial charge is 0.123 e. The van der Waals surface area contributed by atoms with Gasteiger partial charge in [0.05, 0.1) is 6.04 Å². The normalized spacial score (nSPS) is 12.4. The third-order valence-corrected chi connectivity index (χ3v) is 2.87. The van der Waals surface area contributed by atoms with Gasteiger partial charge in [-0.15, -0.1) is 0 Å². The van der Waals surface area contributed by atoms with Crippen LogP contribution in [-0.2, 0) is 0 Å². The lowest BCUT2D eigenvalue weighted by Crippen LogP contribution is -2.18. The van der Waals surface area contributed by atoms with Gasteiger partial charge in [-0.05, 0) is 48.9 Å². The van der Waals surface area contributed by atoms with Gasteiger partial charge >= 0.3 is 0 Å². The molecular formula is C14H15FN2. The molecule has 2 nitrogen and oxygen atoms in total. The number of hydrogen-bond donors (Lipinski definition) is 1. The van der Waals surface area contributed by atoms with Crippen LogP contribution in [0.15, 0.2) is 42.7 Å². The molecule has 0 saturated heterocycles. The highest BCUT2D eigenvalue weighted by molar-refractivity contribution is 5.35. The second-order valence-electron chi connectivity index (χ2n) is 4.01. The van der Waals surface area contributed by atoms with Crippen LogP contribution in [0.4, 0.5) is 4.39 Å². The molecule has 0 spiro atoms. The molecule has 0 aliphatic heterocycles. The molecule has 1 heterocycles. The van der Waals surface area contributed by atoms with Crippen LogP contribution >= 0.6 is 0 Å². The van der Waals surface area contributed by atoms with Gasteiger partial charge < -0.3 is 5.32 Å². The standard InChI is InChI=1S/C14H15FN2/c1-10-9-17-8-7-13(10)14(16-2)11-3-5-12(15)6-4-11/h3-9,14,16H,1-2H3. The van der Waals surface area contributed by atoms with Gasteiger partial charge in [-0.2, -0.15) is 0 Å². The zero-order chi connectivity index (χ0) is 12.3. The van der Waals surface area contributed by atoms with Crippen molar-refractivity contribution in [2.24, 2.45) is 0 Å². The molecule has 2 aromatic rings. The first-order valence-corrected chi connectivity index (χ1v) is 5.55. The van der Waals surface area contributed by atoms with E-state index < -0.39 is 0 Å². The van der Waals surface area contributed by atoms with E-state index in [-0.39, 0.29) is 11.9 Å². The van der Waals surface area contributed by atoms with E-state index in [0.29, 0.717) is 0 Å². The number of benzene rings is 1. The highest BCUT2D eigenvalue weighted by Crippen LogP contribution is 2.23. The average molecular weight is 230 g/mol. The van der Waals surface area contributed by atoms with E-state index in [1.807, 2.05) is 26.2 Å². The molecule has 0 fully saturated rings.